The van der Waals surface area contributed by atoms with E-state index < -0.39 is 115 Å². The number of likely N-dealkylation sites (N-methyl/N-ethyl adjacent to an activating group) is 1. The third-order valence-electron chi connectivity index (χ3n) is 7.94. The molecule has 0 aliphatic carbocycles. The molecule has 0 radical (unpaired) electrons. The number of nitrogens with zero attached hydrogens (tertiary/aromatic N) is 1. The van der Waals surface area contributed by atoms with E-state index in [0.29, 0.717) is 0 Å². The minimum atomic E-state index is -5.88. The Labute approximate surface area is 259 Å². The molecule has 0 amide bonds. The monoisotopic (exact) mass is 695 g/mol. The highest BCUT2D eigenvalue weighted by molar-refractivity contribution is 7.15. The second-order valence-electron chi connectivity index (χ2n) is 10.5. The highest BCUT2D eigenvalue weighted by Crippen LogP contribution is 2.31. The SMILES string of the molecule is C[N+]1=C(/C(=C/[B-](c2c(F)c(F)c(F)c(F)c2F)(c2c(F)c(F)c(F)c(F)c2F)c2c(F)c(F)c(F)c(F)c2F)c2ccccc2)C=CC1. The van der Waals surface area contributed by atoms with Crippen molar-refractivity contribution in [2.24, 2.45) is 0 Å². The Morgan fingerprint density at radius 2 is 0.812 bits per heavy atom. The van der Waals surface area contributed by atoms with E-state index >= 15 is 26.3 Å². The Kier molecular flexibility index (Phi) is 8.77. The van der Waals surface area contributed by atoms with Crippen LogP contribution in [0.3, 0.4) is 0 Å². The quantitative estimate of drug-likeness (QED) is 0.0712. The number of hydrogen-bond acceptors (Lipinski definition) is 0. The van der Waals surface area contributed by atoms with E-state index in [-0.39, 0.29) is 23.8 Å². The third kappa shape index (κ3) is 4.89. The van der Waals surface area contributed by atoms with Crippen LogP contribution in [0, 0.1) is 87.3 Å². The molecule has 0 fully saturated rings. The average Bonchev–Trinajstić information content (AvgIpc) is 3.50. The molecule has 4 aromatic rings. The first kappa shape index (κ1) is 34.4. The van der Waals surface area contributed by atoms with Gasteiger partial charge in [0.15, 0.2) is 58.9 Å². The Morgan fingerprint density at radius 1 is 0.500 bits per heavy atom. The topological polar surface area (TPSA) is 3.01 Å². The van der Waals surface area contributed by atoms with Gasteiger partial charge in [-0.25, -0.2) is 76.4 Å². The van der Waals surface area contributed by atoms with Gasteiger partial charge in [0.25, 0.3) is 0 Å². The summed E-state index contributed by atoms with van der Waals surface area (Å²) in [5, 5.41) is 0. The van der Waals surface area contributed by atoms with Crippen molar-refractivity contribution in [1.29, 1.82) is 0 Å². The lowest BCUT2D eigenvalue weighted by Gasteiger charge is -2.42. The molecule has 0 saturated carbocycles. The standard InChI is InChI=1S/C31H13BF15N/c1-48-9-5-8-13(48)12(11-6-3-2-4-7-11)10-32(14-17(33)23(39)29(45)24(40)18(14)34,15-19(35)25(41)30(46)26(42)20(15)36)16-21(37)27(43)31(47)28(44)22(16)38/h2-8,10H,9H2,1H3/b12-10+. The largest absolute Gasteiger partial charge is 0.228 e. The molecule has 5 rings (SSSR count). The number of rotatable bonds is 6. The molecule has 0 N–H and O–H groups in total. The Morgan fingerprint density at radius 3 is 1.10 bits per heavy atom. The minimum Gasteiger partial charge on any atom is -0.228 e. The predicted octanol–water partition coefficient (Wildman–Crippen LogP) is 6.52. The summed E-state index contributed by atoms with van der Waals surface area (Å²) in [5.74, 6) is -45.7. The van der Waals surface area contributed by atoms with Crippen LogP contribution in [0.25, 0.3) is 5.57 Å². The molecule has 0 spiro atoms. The maximum Gasteiger partial charge on any atom is 0.204 e. The molecule has 1 heterocycles. The third-order valence-corrected chi connectivity index (χ3v) is 7.94. The summed E-state index contributed by atoms with van der Waals surface area (Å²) < 4.78 is 229. The highest BCUT2D eigenvalue weighted by Gasteiger charge is 2.47. The van der Waals surface area contributed by atoms with Gasteiger partial charge in [0, 0.05) is 11.6 Å². The summed E-state index contributed by atoms with van der Waals surface area (Å²) in [6.45, 7) is -0.0346. The van der Waals surface area contributed by atoms with Gasteiger partial charge >= 0.3 is 0 Å². The van der Waals surface area contributed by atoms with Gasteiger partial charge in [0.1, 0.15) is 48.1 Å². The summed E-state index contributed by atoms with van der Waals surface area (Å²) >= 11 is 0. The van der Waals surface area contributed by atoms with Gasteiger partial charge in [-0.3, -0.25) is 0 Å². The van der Waals surface area contributed by atoms with Crippen LogP contribution < -0.4 is 16.4 Å². The molecule has 250 valence electrons. The van der Waals surface area contributed by atoms with Crippen LogP contribution in [0.5, 0.6) is 0 Å². The van der Waals surface area contributed by atoms with E-state index in [1.54, 1.807) is 0 Å². The smallest absolute Gasteiger partial charge is 0.204 e. The van der Waals surface area contributed by atoms with Crippen molar-refractivity contribution in [1.82, 2.24) is 0 Å². The lowest BCUT2D eigenvalue weighted by molar-refractivity contribution is -0.480. The second-order valence-corrected chi connectivity index (χ2v) is 10.5. The zero-order chi connectivity index (χ0) is 35.6. The van der Waals surface area contributed by atoms with Gasteiger partial charge in [-0.1, -0.05) is 30.3 Å². The molecule has 0 unspecified atom stereocenters. The van der Waals surface area contributed by atoms with Crippen LogP contribution in [-0.2, 0) is 0 Å². The first-order chi connectivity index (χ1) is 22.5. The van der Waals surface area contributed by atoms with Crippen LogP contribution in [0.1, 0.15) is 5.56 Å². The Hall–Kier alpha value is -4.96. The molecule has 0 bridgehead atoms. The summed E-state index contributed by atoms with van der Waals surface area (Å²) in [7, 11) is 1.29. The van der Waals surface area contributed by atoms with E-state index in [4.69, 9.17) is 0 Å². The van der Waals surface area contributed by atoms with Crippen LogP contribution >= 0.6 is 0 Å². The van der Waals surface area contributed by atoms with Gasteiger partial charge in [0.05, 0.1) is 0 Å². The minimum absolute atomic E-state index is 0.0346. The summed E-state index contributed by atoms with van der Waals surface area (Å²) in [4.78, 5) is 0. The van der Waals surface area contributed by atoms with Gasteiger partial charge in [-0.2, -0.15) is 0 Å². The van der Waals surface area contributed by atoms with Crippen molar-refractivity contribution < 1.29 is 70.4 Å². The zero-order valence-electron chi connectivity index (χ0n) is 23.5. The van der Waals surface area contributed by atoms with E-state index in [2.05, 4.69) is 0 Å². The number of halogens is 15. The zero-order valence-corrected chi connectivity index (χ0v) is 23.5. The average molecular weight is 695 g/mol. The lowest BCUT2D eigenvalue weighted by atomic mass is 9.14. The van der Waals surface area contributed by atoms with Gasteiger partial charge in [-0.05, 0) is 11.6 Å². The van der Waals surface area contributed by atoms with Crippen LogP contribution in [0.15, 0.2) is 48.5 Å². The molecule has 0 aromatic heterocycles. The van der Waals surface area contributed by atoms with E-state index in [0.717, 1.165) is 18.2 Å². The first-order valence-electron chi connectivity index (χ1n) is 13.3. The summed E-state index contributed by atoms with van der Waals surface area (Å²) in [6, 6.07) is 6.08. The molecule has 48 heavy (non-hydrogen) atoms. The van der Waals surface area contributed by atoms with Gasteiger partial charge < -0.3 is 0 Å². The van der Waals surface area contributed by atoms with Crippen molar-refractivity contribution in [3.8, 4) is 0 Å². The van der Waals surface area contributed by atoms with Crippen molar-refractivity contribution in [2.45, 2.75) is 0 Å². The molecule has 4 aromatic carbocycles. The number of allylic oxidation sites excluding steroid dienone is 2. The first-order valence-corrected chi connectivity index (χ1v) is 13.3. The lowest BCUT2D eigenvalue weighted by Crippen LogP contribution is -2.72. The normalized spacial score (nSPS) is 13.7. The summed E-state index contributed by atoms with van der Waals surface area (Å²) in [5.41, 5.74) is -9.29. The van der Waals surface area contributed by atoms with Crippen molar-refractivity contribution in [2.75, 3.05) is 13.6 Å². The van der Waals surface area contributed by atoms with E-state index in [1.807, 2.05) is 0 Å². The van der Waals surface area contributed by atoms with E-state index in [1.165, 1.54) is 35.9 Å². The molecular formula is C31H13BF15N. The number of hydrogen-bond donors (Lipinski definition) is 0. The highest BCUT2D eigenvalue weighted by atomic mass is 19.2. The van der Waals surface area contributed by atoms with Crippen LogP contribution in [-0.4, -0.2) is 30.0 Å². The fourth-order valence-electron chi connectivity index (χ4n) is 5.79. The fraction of sp³-hybridized carbons (Fsp3) is 0.0645. The maximum absolute atomic E-state index is 15.9. The van der Waals surface area contributed by atoms with Gasteiger partial charge in [0.2, 0.25) is 5.71 Å². The molecule has 1 nitrogen and oxygen atoms in total. The molecule has 0 atom stereocenters. The fourth-order valence-corrected chi connectivity index (χ4v) is 5.79. The number of benzene rings is 4. The molecule has 1 aliphatic rings. The van der Waals surface area contributed by atoms with Crippen LogP contribution in [0.4, 0.5) is 65.9 Å². The second kappa shape index (κ2) is 12.2. The molecule has 1 aliphatic heterocycles. The van der Waals surface area contributed by atoms with E-state index in [9.17, 15) is 39.5 Å². The van der Waals surface area contributed by atoms with Crippen molar-refractivity contribution in [3.63, 3.8) is 0 Å². The van der Waals surface area contributed by atoms with Crippen molar-refractivity contribution >= 4 is 33.8 Å². The van der Waals surface area contributed by atoms with Crippen LogP contribution in [0.2, 0.25) is 0 Å². The van der Waals surface area contributed by atoms with Crippen molar-refractivity contribution in [3.05, 3.63) is 141 Å². The molecule has 17 heteroatoms. The predicted molar refractivity (Wildman–Crippen MR) is 143 cm³/mol. The molecule has 0 saturated heterocycles. The Balaban J connectivity index is 2.27. The summed E-state index contributed by atoms with van der Waals surface area (Å²) in [6.07, 6.45) is -3.36. The Bertz CT molecular complexity index is 1870. The maximum atomic E-state index is 15.9. The molecular weight excluding hydrogens is 682 g/mol. The van der Waals surface area contributed by atoms with Gasteiger partial charge in [-0.15, -0.1) is 16.4 Å².